The molecule has 0 unspecified atom stereocenters. The number of fused-ring (bicyclic) bond motifs is 1. The Labute approximate surface area is 174 Å². The van der Waals surface area contributed by atoms with E-state index < -0.39 is 5.82 Å². The van der Waals surface area contributed by atoms with Gasteiger partial charge in [0.1, 0.15) is 10.6 Å². The molecule has 4 aromatic heterocycles. The molecule has 29 heavy (non-hydrogen) atoms. The number of halogens is 1. The molecule has 1 aliphatic carbocycles. The first kappa shape index (κ1) is 18.3. The first-order valence-electron chi connectivity index (χ1n) is 9.17. The fraction of sp³-hybridized carbons (Fsp3) is 0.200. The van der Waals surface area contributed by atoms with E-state index in [1.54, 1.807) is 29.9 Å². The number of nitrogens with two attached hydrogens (primary N) is 2. The van der Waals surface area contributed by atoms with Crippen molar-refractivity contribution in [2.45, 2.75) is 28.7 Å². The van der Waals surface area contributed by atoms with Gasteiger partial charge < -0.3 is 11.5 Å². The quantitative estimate of drug-likeness (QED) is 0.486. The fourth-order valence-corrected chi connectivity index (χ4v) is 6.03. The van der Waals surface area contributed by atoms with Gasteiger partial charge in [0.2, 0.25) is 5.95 Å². The topological polar surface area (TPSA) is 104 Å². The van der Waals surface area contributed by atoms with Gasteiger partial charge in [0.05, 0.1) is 21.8 Å². The Morgan fingerprint density at radius 2 is 1.83 bits per heavy atom. The van der Waals surface area contributed by atoms with Gasteiger partial charge in [-0.05, 0) is 30.5 Å². The second kappa shape index (κ2) is 7.23. The van der Waals surface area contributed by atoms with Crippen LogP contribution < -0.4 is 11.5 Å². The molecule has 5 rings (SSSR count). The van der Waals surface area contributed by atoms with E-state index in [-0.39, 0.29) is 5.95 Å². The summed E-state index contributed by atoms with van der Waals surface area (Å²) in [5, 5.41) is 1.44. The van der Waals surface area contributed by atoms with Crippen molar-refractivity contribution in [2.24, 2.45) is 0 Å². The van der Waals surface area contributed by atoms with Gasteiger partial charge in [-0.25, -0.2) is 19.3 Å². The number of anilines is 2. The van der Waals surface area contributed by atoms with E-state index in [0.717, 1.165) is 25.6 Å². The fourth-order valence-electron chi connectivity index (χ4n) is 3.23. The zero-order valence-electron chi connectivity index (χ0n) is 15.3. The molecule has 4 aromatic rings. The molecule has 1 saturated carbocycles. The normalized spacial score (nSPS) is 14.2. The van der Waals surface area contributed by atoms with Crippen molar-refractivity contribution >= 4 is 45.0 Å². The van der Waals surface area contributed by atoms with Crippen LogP contribution in [0.1, 0.15) is 19.3 Å². The van der Waals surface area contributed by atoms with Crippen molar-refractivity contribution in [1.82, 2.24) is 19.9 Å². The highest BCUT2D eigenvalue weighted by atomic mass is 32.2. The van der Waals surface area contributed by atoms with Crippen LogP contribution in [0.2, 0.25) is 0 Å². The third-order valence-corrected chi connectivity index (χ3v) is 7.65. The van der Waals surface area contributed by atoms with E-state index in [1.165, 1.54) is 31.5 Å². The maximum absolute atomic E-state index is 13.9. The third kappa shape index (κ3) is 3.40. The van der Waals surface area contributed by atoms with Gasteiger partial charge in [0, 0.05) is 40.4 Å². The number of pyridine rings is 2. The van der Waals surface area contributed by atoms with Gasteiger partial charge >= 0.3 is 0 Å². The minimum Gasteiger partial charge on any atom is -0.397 e. The van der Waals surface area contributed by atoms with Crippen molar-refractivity contribution in [3.05, 3.63) is 42.7 Å². The number of hydrogen-bond acceptors (Lipinski definition) is 8. The number of aromatic nitrogens is 4. The second-order valence-corrected chi connectivity index (χ2v) is 9.50. The molecule has 1 aliphatic rings. The Kier molecular flexibility index (Phi) is 4.56. The van der Waals surface area contributed by atoms with Gasteiger partial charge in [-0.2, -0.15) is 0 Å². The molecule has 1 fully saturated rings. The van der Waals surface area contributed by atoms with Crippen molar-refractivity contribution < 1.29 is 4.39 Å². The monoisotopic (exact) mass is 424 g/mol. The molecule has 0 saturated heterocycles. The summed E-state index contributed by atoms with van der Waals surface area (Å²) in [6.07, 6.45) is 9.77. The number of hydrogen-bond donors (Lipinski definition) is 2. The lowest BCUT2D eigenvalue weighted by Gasteiger charge is -2.23. The summed E-state index contributed by atoms with van der Waals surface area (Å²) in [5.74, 6) is -0.202. The summed E-state index contributed by atoms with van der Waals surface area (Å²) in [6.45, 7) is 0. The van der Waals surface area contributed by atoms with E-state index in [9.17, 15) is 4.39 Å². The SMILES string of the molecule is Nc1ncc(-c2cc(-c3cncc(F)c3)c3c(N)c(SC4CCC4)sc3n2)cn1. The van der Waals surface area contributed by atoms with Crippen LogP contribution >= 0.6 is 23.1 Å². The summed E-state index contributed by atoms with van der Waals surface area (Å²) in [7, 11) is 0. The van der Waals surface area contributed by atoms with Gasteiger partial charge in [-0.15, -0.1) is 23.1 Å². The highest BCUT2D eigenvalue weighted by Crippen LogP contribution is 2.48. The largest absolute Gasteiger partial charge is 0.397 e. The average molecular weight is 425 g/mol. The molecule has 146 valence electrons. The van der Waals surface area contributed by atoms with Crippen molar-refractivity contribution in [3.8, 4) is 22.4 Å². The maximum Gasteiger partial charge on any atom is 0.219 e. The smallest absolute Gasteiger partial charge is 0.219 e. The molecular weight excluding hydrogens is 407 g/mol. The van der Waals surface area contributed by atoms with Crippen LogP contribution in [0.25, 0.3) is 32.6 Å². The Hall–Kier alpha value is -2.78. The van der Waals surface area contributed by atoms with Gasteiger partial charge in [-0.1, -0.05) is 6.42 Å². The van der Waals surface area contributed by atoms with Crippen LogP contribution in [0, 0.1) is 5.82 Å². The zero-order valence-corrected chi connectivity index (χ0v) is 16.9. The summed E-state index contributed by atoms with van der Waals surface area (Å²) in [5.41, 5.74) is 15.7. The molecular formula is C20H17FN6S2. The Morgan fingerprint density at radius 3 is 2.52 bits per heavy atom. The lowest BCUT2D eigenvalue weighted by atomic mass is 10.00. The minimum absolute atomic E-state index is 0.198. The maximum atomic E-state index is 13.9. The van der Waals surface area contributed by atoms with Crippen LogP contribution in [-0.2, 0) is 0 Å². The molecule has 0 bridgehead atoms. The lowest BCUT2D eigenvalue weighted by Crippen LogP contribution is -2.12. The van der Waals surface area contributed by atoms with Crippen molar-refractivity contribution in [1.29, 1.82) is 0 Å². The van der Waals surface area contributed by atoms with E-state index in [2.05, 4.69) is 15.0 Å². The first-order valence-corrected chi connectivity index (χ1v) is 10.9. The Bertz CT molecular complexity index is 1200. The number of thioether (sulfide) groups is 1. The van der Waals surface area contributed by atoms with Crippen LogP contribution in [0.4, 0.5) is 16.0 Å². The van der Waals surface area contributed by atoms with Crippen LogP contribution in [0.5, 0.6) is 0 Å². The van der Waals surface area contributed by atoms with Crippen LogP contribution in [0.3, 0.4) is 0 Å². The Balaban J connectivity index is 1.72. The van der Waals surface area contributed by atoms with Crippen molar-refractivity contribution in [3.63, 3.8) is 0 Å². The molecule has 4 N–H and O–H groups in total. The van der Waals surface area contributed by atoms with E-state index in [4.69, 9.17) is 16.5 Å². The van der Waals surface area contributed by atoms with Gasteiger partial charge in [-0.3, -0.25) is 4.98 Å². The van der Waals surface area contributed by atoms with Crippen molar-refractivity contribution in [2.75, 3.05) is 11.5 Å². The van der Waals surface area contributed by atoms with E-state index in [1.807, 2.05) is 17.8 Å². The highest BCUT2D eigenvalue weighted by molar-refractivity contribution is 8.02. The zero-order chi connectivity index (χ0) is 20.0. The first-order chi connectivity index (χ1) is 14.1. The molecule has 0 spiro atoms. The molecule has 6 nitrogen and oxygen atoms in total. The third-order valence-electron chi connectivity index (χ3n) is 4.97. The number of rotatable bonds is 4. The van der Waals surface area contributed by atoms with Gasteiger partial charge in [0.25, 0.3) is 0 Å². The molecule has 0 radical (unpaired) electrons. The van der Waals surface area contributed by atoms with Gasteiger partial charge in [0.15, 0.2) is 0 Å². The number of nitrogens with zero attached hydrogens (tertiary/aromatic N) is 4. The Morgan fingerprint density at radius 1 is 1.03 bits per heavy atom. The molecule has 0 aromatic carbocycles. The predicted molar refractivity (Wildman–Crippen MR) is 116 cm³/mol. The summed E-state index contributed by atoms with van der Waals surface area (Å²) in [4.78, 5) is 17.7. The molecule has 4 heterocycles. The predicted octanol–water partition coefficient (Wildman–Crippen LogP) is 4.76. The summed E-state index contributed by atoms with van der Waals surface area (Å²) < 4.78 is 15.0. The average Bonchev–Trinajstić information content (AvgIpc) is 3.00. The standard InChI is InChI=1S/C20H17FN6S2/c21-12-4-10(6-24-9-12)14-5-15(11-7-25-20(23)26-8-11)27-18-16(14)17(22)19(29-18)28-13-2-1-3-13/h4-9,13H,1-3,22H2,(H2,23,25,26). The number of thiophene rings is 1. The molecule has 0 amide bonds. The second-order valence-electron chi connectivity index (χ2n) is 6.93. The van der Waals surface area contributed by atoms with E-state index >= 15 is 0 Å². The molecule has 0 aliphatic heterocycles. The lowest BCUT2D eigenvalue weighted by molar-refractivity contribution is 0.522. The van der Waals surface area contributed by atoms with E-state index in [0.29, 0.717) is 22.2 Å². The summed E-state index contributed by atoms with van der Waals surface area (Å²) in [6, 6.07) is 3.34. The number of nitrogen functional groups attached to an aromatic ring is 2. The highest BCUT2D eigenvalue weighted by Gasteiger charge is 2.24. The van der Waals surface area contributed by atoms with Crippen LogP contribution in [-0.4, -0.2) is 25.2 Å². The van der Waals surface area contributed by atoms with Crippen LogP contribution in [0.15, 0.2) is 41.1 Å². The molecule has 9 heteroatoms. The minimum atomic E-state index is -0.400. The molecule has 0 atom stereocenters. The summed E-state index contributed by atoms with van der Waals surface area (Å²) >= 11 is 3.39.